The number of benzene rings is 3. The van der Waals surface area contributed by atoms with E-state index in [4.69, 9.17) is 11.6 Å². The highest BCUT2D eigenvalue weighted by Gasteiger charge is 2.28. The van der Waals surface area contributed by atoms with Crippen LogP contribution in [0.2, 0.25) is 5.02 Å². The highest BCUT2D eigenvalue weighted by atomic mass is 35.5. The summed E-state index contributed by atoms with van der Waals surface area (Å²) in [5.74, 6) is -1.36. The highest BCUT2D eigenvalue weighted by Crippen LogP contribution is 2.30. The zero-order chi connectivity index (χ0) is 26.2. The Kier molecular flexibility index (Phi) is 6.53. The van der Waals surface area contributed by atoms with Gasteiger partial charge in [-0.15, -0.1) is 0 Å². The van der Waals surface area contributed by atoms with E-state index in [1.54, 1.807) is 18.2 Å². The number of rotatable bonds is 6. The molecular weight excluding hydrogens is 508 g/mol. The molecule has 4 rings (SSSR count). The minimum absolute atomic E-state index is 0.0518. The van der Waals surface area contributed by atoms with Gasteiger partial charge >= 0.3 is 0 Å². The lowest BCUT2D eigenvalue weighted by atomic mass is 10.1. The number of halogens is 1. The molecule has 0 radical (unpaired) electrons. The molecule has 0 spiro atoms. The number of hydrogen-bond acceptors (Lipinski definition) is 6. The fraction of sp³-hybridized carbons (Fsp3) is 0.0833. The van der Waals surface area contributed by atoms with Crippen molar-refractivity contribution in [2.75, 3.05) is 19.4 Å². The largest absolute Gasteiger partial charge is 0.345 e. The van der Waals surface area contributed by atoms with Gasteiger partial charge in [-0.3, -0.25) is 19.7 Å². The van der Waals surface area contributed by atoms with Crippen molar-refractivity contribution in [3.05, 3.63) is 99.2 Å². The monoisotopic (exact) mass is 526 g/mol. The van der Waals surface area contributed by atoms with E-state index in [0.29, 0.717) is 10.4 Å². The van der Waals surface area contributed by atoms with Crippen molar-refractivity contribution >= 4 is 55.7 Å². The third-order valence-electron chi connectivity index (χ3n) is 5.33. The van der Waals surface area contributed by atoms with Crippen molar-refractivity contribution in [1.82, 2.24) is 8.87 Å². The lowest BCUT2D eigenvalue weighted by molar-refractivity contribution is -0.383. The summed E-state index contributed by atoms with van der Waals surface area (Å²) in [5.41, 5.74) is -0.742. The minimum Gasteiger partial charge on any atom is -0.345 e. The van der Waals surface area contributed by atoms with Gasteiger partial charge < -0.3 is 10.2 Å². The van der Waals surface area contributed by atoms with E-state index in [2.05, 4.69) is 5.32 Å². The zero-order valence-corrected chi connectivity index (χ0v) is 20.6. The number of nitrogens with one attached hydrogen (secondary N) is 1. The van der Waals surface area contributed by atoms with Gasteiger partial charge in [-0.1, -0.05) is 29.8 Å². The Labute approximate surface area is 210 Å². The van der Waals surface area contributed by atoms with Crippen LogP contribution in [0.15, 0.2) is 77.7 Å². The van der Waals surface area contributed by atoms with E-state index in [9.17, 15) is 28.1 Å². The molecule has 1 N–H and O–H groups in total. The first-order valence-electron chi connectivity index (χ1n) is 10.4. The normalized spacial score (nSPS) is 11.3. The van der Waals surface area contributed by atoms with E-state index in [1.807, 2.05) is 0 Å². The highest BCUT2D eigenvalue weighted by molar-refractivity contribution is 7.90. The van der Waals surface area contributed by atoms with Gasteiger partial charge in [-0.25, -0.2) is 12.4 Å². The number of carbonyl (C=O) groups excluding carboxylic acids is 2. The molecule has 12 heteroatoms. The predicted octanol–water partition coefficient (Wildman–Crippen LogP) is 4.39. The fourth-order valence-electron chi connectivity index (χ4n) is 3.64. The summed E-state index contributed by atoms with van der Waals surface area (Å²) in [5, 5.41) is 14.8. The van der Waals surface area contributed by atoms with Crippen molar-refractivity contribution in [3.63, 3.8) is 0 Å². The van der Waals surface area contributed by atoms with Crippen LogP contribution < -0.4 is 5.32 Å². The zero-order valence-electron chi connectivity index (χ0n) is 19.0. The van der Waals surface area contributed by atoms with E-state index in [-0.39, 0.29) is 27.4 Å². The summed E-state index contributed by atoms with van der Waals surface area (Å²) in [4.78, 5) is 37.7. The number of anilines is 1. The average molecular weight is 527 g/mol. The van der Waals surface area contributed by atoms with E-state index >= 15 is 0 Å². The van der Waals surface area contributed by atoms with E-state index < -0.39 is 32.4 Å². The second-order valence-corrected chi connectivity index (χ2v) is 10.2. The number of nitro groups is 1. The molecule has 0 aliphatic heterocycles. The number of hydrogen-bond donors (Lipinski definition) is 1. The van der Waals surface area contributed by atoms with Crippen LogP contribution in [0.3, 0.4) is 0 Å². The first kappa shape index (κ1) is 24.9. The standard InChI is InChI=1S/C24H19ClN4O6S/c1-27(2)24(31)15-8-10-19(21(13-15)29(32)33)26-23(30)22-14-16-12-17(25)9-11-20(16)28(22)36(34,35)18-6-4-3-5-7-18/h3-14H,1-2H3,(H,26,30). The molecule has 184 valence electrons. The quantitative estimate of drug-likeness (QED) is 0.292. The van der Waals surface area contributed by atoms with Crippen LogP contribution in [0.4, 0.5) is 11.4 Å². The molecular formula is C24H19ClN4O6S. The number of aromatic nitrogens is 1. The van der Waals surface area contributed by atoms with Crippen LogP contribution in [0.5, 0.6) is 0 Å². The maximum absolute atomic E-state index is 13.5. The van der Waals surface area contributed by atoms with Crippen LogP contribution in [0.1, 0.15) is 20.8 Å². The first-order chi connectivity index (χ1) is 17.0. The number of amides is 2. The second kappa shape index (κ2) is 9.44. The van der Waals surface area contributed by atoms with Gasteiger partial charge in [0.25, 0.3) is 27.5 Å². The predicted molar refractivity (Wildman–Crippen MR) is 135 cm³/mol. The van der Waals surface area contributed by atoms with Crippen LogP contribution in [0, 0.1) is 10.1 Å². The second-order valence-electron chi connectivity index (χ2n) is 7.96. The van der Waals surface area contributed by atoms with Gasteiger partial charge in [0.05, 0.1) is 15.3 Å². The van der Waals surface area contributed by atoms with Crippen molar-refractivity contribution in [2.45, 2.75) is 4.90 Å². The number of nitro benzene ring substituents is 1. The molecule has 4 aromatic rings. The molecule has 0 aliphatic carbocycles. The van der Waals surface area contributed by atoms with Crippen LogP contribution in [0.25, 0.3) is 10.9 Å². The lowest BCUT2D eigenvalue weighted by Crippen LogP contribution is -2.23. The Morgan fingerprint density at radius 1 is 1.00 bits per heavy atom. The van der Waals surface area contributed by atoms with Crippen LogP contribution in [-0.2, 0) is 10.0 Å². The fourth-order valence-corrected chi connectivity index (χ4v) is 5.35. The minimum atomic E-state index is -4.23. The Morgan fingerprint density at radius 3 is 2.33 bits per heavy atom. The maximum atomic E-state index is 13.5. The topological polar surface area (TPSA) is 132 Å². The number of nitrogens with zero attached hydrogens (tertiary/aromatic N) is 3. The smallest absolute Gasteiger partial charge is 0.293 e. The average Bonchev–Trinajstić information content (AvgIpc) is 3.23. The van der Waals surface area contributed by atoms with Crippen molar-refractivity contribution in [3.8, 4) is 0 Å². The number of carbonyl (C=O) groups is 2. The van der Waals surface area contributed by atoms with Gasteiger partial charge in [-0.05, 0) is 48.5 Å². The SMILES string of the molecule is CN(C)C(=O)c1ccc(NC(=O)c2cc3cc(Cl)ccc3n2S(=O)(=O)c2ccccc2)c([N+](=O)[O-])c1. The summed E-state index contributed by atoms with van der Waals surface area (Å²) in [6, 6.07) is 17.0. The Morgan fingerprint density at radius 2 is 1.69 bits per heavy atom. The molecule has 10 nitrogen and oxygen atoms in total. The first-order valence-corrected chi connectivity index (χ1v) is 12.3. The number of fused-ring (bicyclic) bond motifs is 1. The van der Waals surface area contributed by atoms with Crippen LogP contribution >= 0.6 is 11.6 Å². The molecule has 0 unspecified atom stereocenters. The van der Waals surface area contributed by atoms with Crippen molar-refractivity contribution < 1.29 is 22.9 Å². The summed E-state index contributed by atoms with van der Waals surface area (Å²) in [7, 11) is -1.22. The molecule has 1 heterocycles. The molecule has 0 atom stereocenters. The summed E-state index contributed by atoms with van der Waals surface area (Å²) < 4.78 is 27.9. The molecule has 3 aromatic carbocycles. The molecule has 0 fully saturated rings. The molecule has 36 heavy (non-hydrogen) atoms. The van der Waals surface area contributed by atoms with Gasteiger partial charge in [-0.2, -0.15) is 0 Å². The third kappa shape index (κ3) is 4.53. The summed E-state index contributed by atoms with van der Waals surface area (Å²) in [6.45, 7) is 0. The molecule has 2 amide bonds. The summed E-state index contributed by atoms with van der Waals surface area (Å²) in [6.07, 6.45) is 0. The summed E-state index contributed by atoms with van der Waals surface area (Å²) >= 11 is 6.07. The molecule has 0 bridgehead atoms. The maximum Gasteiger partial charge on any atom is 0.293 e. The van der Waals surface area contributed by atoms with Crippen molar-refractivity contribution in [1.29, 1.82) is 0 Å². The Bertz CT molecular complexity index is 1630. The third-order valence-corrected chi connectivity index (χ3v) is 7.31. The molecule has 0 saturated heterocycles. The molecule has 0 aliphatic rings. The lowest BCUT2D eigenvalue weighted by Gasteiger charge is -2.13. The van der Waals surface area contributed by atoms with Gasteiger partial charge in [0, 0.05) is 36.1 Å². The molecule has 0 saturated carbocycles. The van der Waals surface area contributed by atoms with Gasteiger partial charge in [0.15, 0.2) is 0 Å². The molecule has 1 aromatic heterocycles. The van der Waals surface area contributed by atoms with E-state index in [1.165, 1.54) is 67.5 Å². The Hall–Kier alpha value is -4.22. The van der Waals surface area contributed by atoms with Crippen molar-refractivity contribution in [2.24, 2.45) is 0 Å². The van der Waals surface area contributed by atoms with E-state index in [0.717, 1.165) is 10.0 Å². The van der Waals surface area contributed by atoms with Gasteiger partial charge in [0.2, 0.25) is 0 Å². The Balaban J connectivity index is 1.84. The van der Waals surface area contributed by atoms with Gasteiger partial charge in [0.1, 0.15) is 11.4 Å². The van der Waals surface area contributed by atoms with Crippen LogP contribution in [-0.4, -0.2) is 48.1 Å².